The lowest BCUT2D eigenvalue weighted by Crippen LogP contribution is -2.24. The van der Waals surface area contributed by atoms with Crippen LogP contribution in [-0.2, 0) is 11.2 Å². The zero-order chi connectivity index (χ0) is 17.6. The average molecular weight is 366 g/mol. The number of nitrogens with zero attached hydrogens (tertiary/aromatic N) is 2. The van der Waals surface area contributed by atoms with E-state index < -0.39 is 0 Å². The number of hydrogen-bond donors (Lipinski definition) is 2. The van der Waals surface area contributed by atoms with Gasteiger partial charge in [-0.25, -0.2) is 9.97 Å². The molecular weight excluding hydrogens is 344 g/mol. The summed E-state index contributed by atoms with van der Waals surface area (Å²) >= 11 is 1.63. The highest BCUT2D eigenvalue weighted by Gasteiger charge is 2.14. The Balaban J connectivity index is 1.43. The zero-order valence-electron chi connectivity index (χ0n) is 14.5. The molecule has 26 heavy (non-hydrogen) atoms. The summed E-state index contributed by atoms with van der Waals surface area (Å²) in [5.41, 5.74) is 2.26. The van der Waals surface area contributed by atoms with Gasteiger partial charge in [0, 0.05) is 30.9 Å². The zero-order valence-corrected chi connectivity index (χ0v) is 15.3. The molecule has 2 aromatic heterocycles. The fourth-order valence-electron chi connectivity index (χ4n) is 3.03. The van der Waals surface area contributed by atoms with E-state index in [1.165, 1.54) is 5.56 Å². The lowest BCUT2D eigenvalue weighted by atomic mass is 10.0. The Bertz CT molecular complexity index is 829. The van der Waals surface area contributed by atoms with E-state index in [-0.39, 0.29) is 0 Å². The van der Waals surface area contributed by atoms with Crippen LogP contribution in [0.25, 0.3) is 10.4 Å². The molecule has 3 aromatic rings. The smallest absolute Gasteiger partial charge is 0.188 e. The molecule has 0 amide bonds. The monoisotopic (exact) mass is 366 g/mol. The first-order valence-corrected chi connectivity index (χ1v) is 9.71. The molecule has 3 heterocycles. The van der Waals surface area contributed by atoms with Crippen molar-refractivity contribution in [3.05, 3.63) is 60.4 Å². The second-order valence-corrected chi connectivity index (χ2v) is 7.41. The Morgan fingerprint density at radius 3 is 3.00 bits per heavy atom. The Labute approximate surface area is 157 Å². The molecule has 1 aliphatic heterocycles. The second kappa shape index (κ2) is 8.40. The van der Waals surface area contributed by atoms with Gasteiger partial charge in [-0.2, -0.15) is 0 Å². The number of pyridine rings is 1. The molecule has 5 nitrogen and oxygen atoms in total. The third-order valence-electron chi connectivity index (χ3n) is 4.31. The molecular formula is C20H22N4OS. The van der Waals surface area contributed by atoms with Crippen molar-refractivity contribution in [3.8, 4) is 10.4 Å². The number of nitrogens with one attached hydrogen (secondary N) is 2. The number of ether oxygens (including phenoxy) is 1. The van der Waals surface area contributed by atoms with Gasteiger partial charge < -0.3 is 15.4 Å². The van der Waals surface area contributed by atoms with Gasteiger partial charge in [0.05, 0.1) is 18.1 Å². The highest BCUT2D eigenvalue weighted by Crippen LogP contribution is 2.30. The van der Waals surface area contributed by atoms with Gasteiger partial charge in [0.25, 0.3) is 0 Å². The van der Waals surface area contributed by atoms with Gasteiger partial charge in [-0.3, -0.25) is 0 Å². The van der Waals surface area contributed by atoms with Crippen molar-refractivity contribution in [2.24, 2.45) is 5.92 Å². The molecule has 6 heteroatoms. The molecule has 1 aromatic carbocycles. The summed E-state index contributed by atoms with van der Waals surface area (Å²) in [6.45, 7) is 3.49. The minimum atomic E-state index is 0.463. The molecule has 134 valence electrons. The lowest BCUT2D eigenvalue weighted by Gasteiger charge is -2.13. The predicted molar refractivity (Wildman–Crippen MR) is 106 cm³/mol. The summed E-state index contributed by atoms with van der Waals surface area (Å²) in [6.07, 6.45) is 2.82. The molecule has 2 N–H and O–H groups in total. The summed E-state index contributed by atoms with van der Waals surface area (Å²) in [5.74, 6) is 1.30. The average Bonchev–Trinajstić information content (AvgIpc) is 2.98. The van der Waals surface area contributed by atoms with Gasteiger partial charge in [0.1, 0.15) is 5.82 Å². The van der Waals surface area contributed by atoms with Crippen LogP contribution in [0, 0.1) is 5.92 Å². The van der Waals surface area contributed by atoms with Crippen LogP contribution >= 0.6 is 11.3 Å². The van der Waals surface area contributed by atoms with E-state index in [1.54, 1.807) is 11.3 Å². The third-order valence-corrected chi connectivity index (χ3v) is 5.28. The summed E-state index contributed by atoms with van der Waals surface area (Å²) in [4.78, 5) is 10.4. The van der Waals surface area contributed by atoms with Gasteiger partial charge in [0.2, 0.25) is 0 Å². The first kappa shape index (κ1) is 17.1. The second-order valence-electron chi connectivity index (χ2n) is 6.38. The largest absolute Gasteiger partial charge is 0.380 e. The van der Waals surface area contributed by atoms with E-state index in [0.29, 0.717) is 5.92 Å². The summed E-state index contributed by atoms with van der Waals surface area (Å²) < 4.78 is 5.64. The molecule has 0 unspecified atom stereocenters. The van der Waals surface area contributed by atoms with Crippen molar-refractivity contribution in [2.75, 3.05) is 31.6 Å². The van der Waals surface area contributed by atoms with Gasteiger partial charge in [0.15, 0.2) is 5.13 Å². The van der Waals surface area contributed by atoms with Gasteiger partial charge in [-0.1, -0.05) is 47.7 Å². The minimum absolute atomic E-state index is 0.463. The van der Waals surface area contributed by atoms with Crippen molar-refractivity contribution in [1.29, 1.82) is 0 Å². The van der Waals surface area contributed by atoms with Crippen molar-refractivity contribution in [3.63, 3.8) is 0 Å². The van der Waals surface area contributed by atoms with Crippen LogP contribution in [0.5, 0.6) is 0 Å². The van der Waals surface area contributed by atoms with Crippen LogP contribution in [0.3, 0.4) is 0 Å². The molecule has 1 fully saturated rings. The molecule has 0 bridgehead atoms. The van der Waals surface area contributed by atoms with Crippen LogP contribution < -0.4 is 10.6 Å². The fourth-order valence-corrected chi connectivity index (χ4v) is 3.86. The van der Waals surface area contributed by atoms with Crippen molar-refractivity contribution < 1.29 is 4.74 Å². The Hall–Kier alpha value is -2.28. The lowest BCUT2D eigenvalue weighted by molar-refractivity contribution is 0.123. The topological polar surface area (TPSA) is 59.1 Å². The first-order chi connectivity index (χ1) is 12.9. The van der Waals surface area contributed by atoms with Crippen molar-refractivity contribution >= 4 is 22.3 Å². The Morgan fingerprint density at radius 1 is 1.15 bits per heavy atom. The van der Waals surface area contributed by atoms with Gasteiger partial charge in [-0.15, -0.1) is 0 Å². The quantitative estimate of drug-likeness (QED) is 0.721. The highest BCUT2D eigenvalue weighted by atomic mass is 32.1. The minimum Gasteiger partial charge on any atom is -0.380 e. The van der Waals surface area contributed by atoms with Gasteiger partial charge >= 0.3 is 0 Å². The highest BCUT2D eigenvalue weighted by molar-refractivity contribution is 7.18. The normalized spacial score (nSPS) is 17.6. The standard InChI is InChI=1S/C20H22N4OS/c1-2-5-16(6-3-1)18-13-22-20(26-18)24-19-8-4-7-17(23-19)11-15-12-21-9-10-25-14-15/h1-8,13,15,21H,9-12,14H2,(H,22,23,24)/t15-/m1/s1. The van der Waals surface area contributed by atoms with Crippen LogP contribution in [-0.4, -0.2) is 36.3 Å². The number of aromatic nitrogens is 2. The molecule has 0 radical (unpaired) electrons. The SMILES string of the molecule is c1ccc(-c2cnc(Nc3cccc(C[C@@H]4CNCCOC4)n3)s2)cc1. The Kier molecular flexibility index (Phi) is 5.54. The maximum atomic E-state index is 5.64. The number of benzene rings is 1. The van der Waals surface area contributed by atoms with Crippen LogP contribution in [0.1, 0.15) is 5.69 Å². The summed E-state index contributed by atoms with van der Waals surface area (Å²) in [5, 5.41) is 7.60. The third kappa shape index (κ3) is 4.46. The van der Waals surface area contributed by atoms with Gasteiger partial charge in [-0.05, 0) is 24.1 Å². The first-order valence-electron chi connectivity index (χ1n) is 8.89. The van der Waals surface area contributed by atoms with Crippen molar-refractivity contribution in [1.82, 2.24) is 15.3 Å². The summed E-state index contributed by atoms with van der Waals surface area (Å²) in [6, 6.07) is 16.4. The maximum Gasteiger partial charge on any atom is 0.188 e. The van der Waals surface area contributed by atoms with Crippen LogP contribution in [0.15, 0.2) is 54.7 Å². The predicted octanol–water partition coefficient (Wildman–Crippen LogP) is 3.73. The Morgan fingerprint density at radius 2 is 2.08 bits per heavy atom. The van der Waals surface area contributed by atoms with E-state index >= 15 is 0 Å². The maximum absolute atomic E-state index is 5.64. The number of thiazole rings is 1. The van der Waals surface area contributed by atoms with E-state index in [1.807, 2.05) is 36.5 Å². The number of anilines is 2. The van der Waals surface area contributed by atoms with E-state index in [9.17, 15) is 0 Å². The van der Waals surface area contributed by atoms with Crippen LogP contribution in [0.4, 0.5) is 10.9 Å². The van der Waals surface area contributed by atoms with Crippen LogP contribution in [0.2, 0.25) is 0 Å². The molecule has 0 saturated carbocycles. The number of rotatable bonds is 5. The number of hydrogen-bond acceptors (Lipinski definition) is 6. The molecule has 4 rings (SSSR count). The van der Waals surface area contributed by atoms with E-state index in [4.69, 9.17) is 9.72 Å². The molecule has 1 saturated heterocycles. The van der Waals surface area contributed by atoms with E-state index in [2.05, 4.69) is 33.8 Å². The molecule has 1 aliphatic rings. The van der Waals surface area contributed by atoms with Crippen molar-refractivity contribution in [2.45, 2.75) is 6.42 Å². The molecule has 0 spiro atoms. The molecule has 0 aliphatic carbocycles. The molecule has 1 atom stereocenters. The summed E-state index contributed by atoms with van der Waals surface area (Å²) in [7, 11) is 0. The fraction of sp³-hybridized carbons (Fsp3) is 0.300. The van der Waals surface area contributed by atoms with E-state index in [0.717, 1.165) is 54.2 Å².